The van der Waals surface area contributed by atoms with Gasteiger partial charge in [0, 0.05) is 24.2 Å². The normalized spacial score (nSPS) is 35.9. The third-order valence-electron chi connectivity index (χ3n) is 9.08. The fourth-order valence-electron chi connectivity index (χ4n) is 6.73. The molecule has 0 aromatic heterocycles. The van der Waals surface area contributed by atoms with Crippen molar-refractivity contribution in [2.24, 2.45) is 11.7 Å². The van der Waals surface area contributed by atoms with Gasteiger partial charge in [-0.25, -0.2) is 0 Å². The van der Waals surface area contributed by atoms with E-state index in [1.165, 1.54) is 32.1 Å². The maximum Gasteiger partial charge on any atom is 0.306 e. The number of carboxylic acids is 1. The first-order chi connectivity index (χ1) is 16.6. The number of nitrogens with two attached hydrogens (primary N) is 1. The van der Waals surface area contributed by atoms with Gasteiger partial charge in [-0.15, -0.1) is 0 Å². The molecule has 8 heteroatoms. The first kappa shape index (κ1) is 28.8. The SMILES string of the molecule is C[C@H]1[C@H](O)CC[C@H]2C[C@H](CCCCCCC[C@](O)(CN[C@@]3(C)CCN[C@@H](N)C3)CC(=O)O)CCN21. The van der Waals surface area contributed by atoms with Crippen molar-refractivity contribution >= 4 is 5.97 Å². The number of fused-ring (bicyclic) bond motifs is 1. The van der Waals surface area contributed by atoms with Gasteiger partial charge in [0.1, 0.15) is 0 Å². The third-order valence-corrected chi connectivity index (χ3v) is 9.08. The van der Waals surface area contributed by atoms with Crippen molar-refractivity contribution < 1.29 is 20.1 Å². The number of β-amino-alcohol motifs (C(OH)–C–C–N with tert-alkyl or cyclic N) is 1. The zero-order chi connectivity index (χ0) is 25.5. The van der Waals surface area contributed by atoms with Crippen molar-refractivity contribution in [3.05, 3.63) is 0 Å². The van der Waals surface area contributed by atoms with Crippen LogP contribution in [-0.2, 0) is 4.79 Å². The van der Waals surface area contributed by atoms with Gasteiger partial charge in [-0.05, 0) is 77.8 Å². The molecule has 3 aliphatic rings. The summed E-state index contributed by atoms with van der Waals surface area (Å²) < 4.78 is 0. The number of aliphatic carboxylic acids is 1. The van der Waals surface area contributed by atoms with E-state index in [9.17, 15) is 20.1 Å². The van der Waals surface area contributed by atoms with E-state index in [0.717, 1.165) is 64.0 Å². The number of nitrogens with one attached hydrogen (secondary N) is 2. The number of aliphatic hydroxyl groups is 2. The summed E-state index contributed by atoms with van der Waals surface area (Å²) in [6, 6.07) is 0.973. The van der Waals surface area contributed by atoms with Gasteiger partial charge >= 0.3 is 5.97 Å². The second-order valence-corrected chi connectivity index (χ2v) is 12.2. The smallest absolute Gasteiger partial charge is 0.306 e. The van der Waals surface area contributed by atoms with Gasteiger partial charge in [-0.2, -0.15) is 0 Å². The lowest BCUT2D eigenvalue weighted by Crippen LogP contribution is -2.59. The average molecular weight is 497 g/mol. The predicted molar refractivity (Wildman–Crippen MR) is 139 cm³/mol. The highest BCUT2D eigenvalue weighted by atomic mass is 16.4. The Morgan fingerprint density at radius 2 is 1.94 bits per heavy atom. The average Bonchev–Trinajstić information content (AvgIpc) is 2.79. The predicted octanol–water partition coefficient (Wildman–Crippen LogP) is 2.56. The molecule has 8 nitrogen and oxygen atoms in total. The monoisotopic (exact) mass is 496 g/mol. The van der Waals surface area contributed by atoms with E-state index in [1.54, 1.807) is 0 Å². The minimum Gasteiger partial charge on any atom is -0.481 e. The van der Waals surface area contributed by atoms with Gasteiger partial charge in [0.15, 0.2) is 0 Å². The molecule has 0 unspecified atom stereocenters. The molecule has 0 aliphatic carbocycles. The van der Waals surface area contributed by atoms with Gasteiger partial charge in [0.05, 0.1) is 24.3 Å². The highest BCUT2D eigenvalue weighted by Crippen LogP contribution is 2.35. The molecule has 3 saturated heterocycles. The first-order valence-electron chi connectivity index (χ1n) is 14.2. The lowest BCUT2D eigenvalue weighted by atomic mass is 9.81. The van der Waals surface area contributed by atoms with Crippen LogP contribution in [0.25, 0.3) is 0 Å². The van der Waals surface area contributed by atoms with Crippen molar-refractivity contribution in [3.63, 3.8) is 0 Å². The Morgan fingerprint density at radius 3 is 2.69 bits per heavy atom. The van der Waals surface area contributed by atoms with E-state index < -0.39 is 11.6 Å². The summed E-state index contributed by atoms with van der Waals surface area (Å²) in [5.74, 6) is -0.135. The molecule has 0 radical (unpaired) electrons. The summed E-state index contributed by atoms with van der Waals surface area (Å²) in [5.41, 5.74) is 4.64. The number of nitrogens with zero attached hydrogens (tertiary/aromatic N) is 1. The van der Waals surface area contributed by atoms with Crippen LogP contribution in [0.1, 0.15) is 104 Å². The van der Waals surface area contributed by atoms with Crippen LogP contribution in [0.3, 0.4) is 0 Å². The lowest BCUT2D eigenvalue weighted by Gasteiger charge is -2.48. The van der Waals surface area contributed by atoms with E-state index in [4.69, 9.17) is 5.73 Å². The number of carbonyl (C=O) groups is 1. The van der Waals surface area contributed by atoms with E-state index in [2.05, 4.69) is 29.4 Å². The number of rotatable bonds is 13. The zero-order valence-corrected chi connectivity index (χ0v) is 22.2. The van der Waals surface area contributed by atoms with E-state index in [-0.39, 0.29) is 30.8 Å². The summed E-state index contributed by atoms with van der Waals surface area (Å²) >= 11 is 0. The zero-order valence-electron chi connectivity index (χ0n) is 22.2. The van der Waals surface area contributed by atoms with Crippen molar-refractivity contribution in [3.8, 4) is 0 Å². The minimum atomic E-state index is -1.22. The number of carboxylic acid groups (broad SMARTS) is 1. The molecule has 7 N–H and O–H groups in total. The summed E-state index contributed by atoms with van der Waals surface area (Å²) in [4.78, 5) is 14.0. The van der Waals surface area contributed by atoms with Gasteiger partial charge in [-0.1, -0.05) is 38.5 Å². The summed E-state index contributed by atoms with van der Waals surface area (Å²) in [5, 5.41) is 37.3. The number of hydrogen-bond acceptors (Lipinski definition) is 7. The summed E-state index contributed by atoms with van der Waals surface area (Å²) in [6.45, 7) is 6.53. The quantitative estimate of drug-likeness (QED) is 0.215. The standard InChI is InChI=1S/C27H52N4O4/c1-20-23(32)10-9-22-16-21(11-15-31(20)22)8-6-4-3-5-7-12-27(35,18-25(33)34)19-30-26(2)13-14-29-24(28)17-26/h20-24,29-30,32,35H,3-19,28H2,1-2H3,(H,33,34)/t20-,21+,22-,23+,24+,26-,27+/m0/s1. The molecule has 0 spiro atoms. The Bertz CT molecular complexity index is 667. The van der Waals surface area contributed by atoms with Crippen LogP contribution in [0.4, 0.5) is 0 Å². The van der Waals surface area contributed by atoms with Crippen molar-refractivity contribution in [2.45, 2.75) is 139 Å². The fourth-order valence-corrected chi connectivity index (χ4v) is 6.73. The molecular weight excluding hydrogens is 444 g/mol. The number of piperidine rings is 3. The molecule has 35 heavy (non-hydrogen) atoms. The van der Waals surface area contributed by atoms with Crippen LogP contribution in [0.15, 0.2) is 0 Å². The topological polar surface area (TPSA) is 131 Å². The van der Waals surface area contributed by atoms with Crippen LogP contribution in [0.2, 0.25) is 0 Å². The number of unbranched alkanes of at least 4 members (excludes halogenated alkanes) is 4. The van der Waals surface area contributed by atoms with Gasteiger partial charge < -0.3 is 31.7 Å². The molecule has 3 rings (SSSR count). The van der Waals surface area contributed by atoms with E-state index >= 15 is 0 Å². The molecule has 0 aromatic carbocycles. The van der Waals surface area contributed by atoms with E-state index in [0.29, 0.717) is 18.5 Å². The Labute approximate surface area is 212 Å². The highest BCUT2D eigenvalue weighted by Gasteiger charge is 2.38. The Balaban J connectivity index is 1.30. The maximum absolute atomic E-state index is 11.4. The van der Waals surface area contributed by atoms with Gasteiger partial charge in [0.2, 0.25) is 0 Å². The summed E-state index contributed by atoms with van der Waals surface area (Å²) in [7, 11) is 0. The second kappa shape index (κ2) is 13.2. The van der Waals surface area contributed by atoms with Crippen LogP contribution >= 0.6 is 0 Å². The molecular formula is C27H52N4O4. The van der Waals surface area contributed by atoms with Gasteiger partial charge in [0.25, 0.3) is 0 Å². The van der Waals surface area contributed by atoms with Crippen LogP contribution < -0.4 is 16.4 Å². The third kappa shape index (κ3) is 8.93. The highest BCUT2D eigenvalue weighted by molar-refractivity contribution is 5.68. The van der Waals surface area contributed by atoms with Crippen molar-refractivity contribution in [1.29, 1.82) is 0 Å². The molecule has 0 aromatic rings. The Hall–Kier alpha value is -0.770. The molecule has 0 bridgehead atoms. The van der Waals surface area contributed by atoms with Crippen LogP contribution in [-0.4, -0.2) is 81.3 Å². The van der Waals surface area contributed by atoms with Crippen LogP contribution in [0, 0.1) is 5.92 Å². The Morgan fingerprint density at radius 1 is 1.20 bits per heavy atom. The lowest BCUT2D eigenvalue weighted by molar-refractivity contribution is -0.143. The summed E-state index contributed by atoms with van der Waals surface area (Å²) in [6.07, 6.45) is 13.1. The van der Waals surface area contributed by atoms with Crippen molar-refractivity contribution in [1.82, 2.24) is 15.5 Å². The largest absolute Gasteiger partial charge is 0.481 e. The number of aliphatic hydroxyl groups excluding tert-OH is 1. The first-order valence-corrected chi connectivity index (χ1v) is 14.2. The maximum atomic E-state index is 11.4. The number of hydrogen-bond donors (Lipinski definition) is 6. The Kier molecular flexibility index (Phi) is 10.8. The molecule has 0 amide bonds. The van der Waals surface area contributed by atoms with Crippen molar-refractivity contribution in [2.75, 3.05) is 19.6 Å². The molecule has 3 fully saturated rings. The fraction of sp³-hybridized carbons (Fsp3) is 0.963. The van der Waals surface area contributed by atoms with E-state index in [1.807, 2.05) is 0 Å². The molecule has 7 atom stereocenters. The molecule has 0 saturated carbocycles. The van der Waals surface area contributed by atoms with Crippen LogP contribution in [0.5, 0.6) is 0 Å². The molecule has 204 valence electrons. The second-order valence-electron chi connectivity index (χ2n) is 12.2. The molecule has 3 heterocycles. The molecule has 3 aliphatic heterocycles. The minimum absolute atomic E-state index is 0.0690. The van der Waals surface area contributed by atoms with Gasteiger partial charge in [-0.3, -0.25) is 9.69 Å².